The number of piperazine rings is 1. The molecular weight excluding hydrogens is 308 g/mol. The van der Waals surface area contributed by atoms with E-state index in [1.165, 1.54) is 17.7 Å². The Morgan fingerprint density at radius 2 is 2.09 bits per heavy atom. The molecule has 7 heteroatoms. The van der Waals surface area contributed by atoms with E-state index in [-0.39, 0.29) is 0 Å². The first-order valence-electron chi connectivity index (χ1n) is 8.49. The van der Waals surface area contributed by atoms with E-state index in [0.717, 1.165) is 45.0 Å². The maximum absolute atomic E-state index is 4.40. The monoisotopic (exact) mass is 334 g/mol. The molecule has 23 heavy (non-hydrogen) atoms. The zero-order valence-electron chi connectivity index (χ0n) is 14.1. The van der Waals surface area contributed by atoms with Gasteiger partial charge in [0.05, 0.1) is 12.6 Å². The van der Waals surface area contributed by atoms with E-state index in [4.69, 9.17) is 0 Å². The first kappa shape index (κ1) is 16.5. The molecule has 0 unspecified atom stereocenters. The van der Waals surface area contributed by atoms with Gasteiger partial charge in [-0.05, 0) is 35.3 Å². The van der Waals surface area contributed by atoms with Crippen molar-refractivity contribution in [3.63, 3.8) is 0 Å². The van der Waals surface area contributed by atoms with E-state index in [0.29, 0.717) is 6.04 Å². The lowest BCUT2D eigenvalue weighted by atomic mass is 10.1. The van der Waals surface area contributed by atoms with E-state index >= 15 is 0 Å². The average molecular weight is 334 g/mol. The third-order valence-electron chi connectivity index (χ3n) is 4.55. The Morgan fingerprint density at radius 3 is 2.78 bits per heavy atom. The molecular formula is C16H26N6S. The van der Waals surface area contributed by atoms with Gasteiger partial charge in [-0.3, -0.25) is 4.90 Å². The molecule has 0 N–H and O–H groups in total. The second-order valence-corrected chi connectivity index (χ2v) is 7.30. The van der Waals surface area contributed by atoms with Crippen LogP contribution >= 0.6 is 11.3 Å². The van der Waals surface area contributed by atoms with Crippen LogP contribution in [0.4, 0.5) is 0 Å². The lowest BCUT2D eigenvalue weighted by Gasteiger charge is -2.37. The fourth-order valence-electron chi connectivity index (χ4n) is 3.12. The number of thiophene rings is 1. The maximum atomic E-state index is 4.40. The summed E-state index contributed by atoms with van der Waals surface area (Å²) < 4.78 is 1.99. The van der Waals surface area contributed by atoms with Gasteiger partial charge in [0.1, 0.15) is 0 Å². The van der Waals surface area contributed by atoms with Crippen LogP contribution in [0.1, 0.15) is 42.9 Å². The van der Waals surface area contributed by atoms with Crippen molar-refractivity contribution >= 4 is 11.3 Å². The highest BCUT2D eigenvalue weighted by atomic mass is 32.1. The van der Waals surface area contributed by atoms with E-state index in [1.807, 2.05) is 4.68 Å². The van der Waals surface area contributed by atoms with Crippen molar-refractivity contribution in [2.75, 3.05) is 33.2 Å². The van der Waals surface area contributed by atoms with Gasteiger partial charge in [0, 0.05) is 31.1 Å². The van der Waals surface area contributed by atoms with Gasteiger partial charge < -0.3 is 4.90 Å². The predicted octanol–water partition coefficient (Wildman–Crippen LogP) is 2.26. The Hall–Kier alpha value is -1.31. The summed E-state index contributed by atoms with van der Waals surface area (Å²) >= 11 is 1.76. The molecule has 2 aromatic rings. The number of likely N-dealkylation sites (N-methyl/N-ethyl adjacent to an activating group) is 1. The zero-order chi connectivity index (χ0) is 16.1. The Kier molecular flexibility index (Phi) is 5.75. The minimum Gasteiger partial charge on any atom is -0.304 e. The third kappa shape index (κ3) is 4.16. The first-order chi connectivity index (χ1) is 11.3. The second-order valence-electron chi connectivity index (χ2n) is 6.27. The molecule has 0 bridgehead atoms. The van der Waals surface area contributed by atoms with Crippen LogP contribution < -0.4 is 0 Å². The molecule has 3 heterocycles. The van der Waals surface area contributed by atoms with Gasteiger partial charge in [-0.1, -0.05) is 25.8 Å². The van der Waals surface area contributed by atoms with Gasteiger partial charge in [0.15, 0.2) is 5.82 Å². The molecule has 2 aromatic heterocycles. The van der Waals surface area contributed by atoms with E-state index in [9.17, 15) is 0 Å². The van der Waals surface area contributed by atoms with Crippen molar-refractivity contribution < 1.29 is 0 Å². The van der Waals surface area contributed by atoms with Crippen LogP contribution in [0.3, 0.4) is 0 Å². The predicted molar refractivity (Wildman–Crippen MR) is 92.6 cm³/mol. The van der Waals surface area contributed by atoms with Crippen molar-refractivity contribution in [2.24, 2.45) is 0 Å². The summed E-state index contributed by atoms with van der Waals surface area (Å²) in [5, 5.41) is 14.7. The second kappa shape index (κ2) is 7.99. The highest BCUT2D eigenvalue weighted by Crippen LogP contribution is 2.26. The minimum absolute atomic E-state index is 0.332. The lowest BCUT2D eigenvalue weighted by Crippen LogP contribution is -2.46. The summed E-state index contributed by atoms with van der Waals surface area (Å²) in [6.07, 6.45) is 3.55. The zero-order valence-corrected chi connectivity index (χ0v) is 14.9. The molecule has 1 atom stereocenters. The molecule has 3 rings (SSSR count). The van der Waals surface area contributed by atoms with E-state index in [1.54, 1.807) is 11.3 Å². The number of rotatable bonds is 7. The van der Waals surface area contributed by atoms with Crippen molar-refractivity contribution in [3.05, 3.63) is 28.2 Å². The SMILES string of the molecule is CCCC[C@@H](c1nnnn1Cc1cccs1)N1CCN(C)CC1. The molecule has 1 fully saturated rings. The highest BCUT2D eigenvalue weighted by molar-refractivity contribution is 7.09. The summed E-state index contributed by atoms with van der Waals surface area (Å²) in [6.45, 7) is 7.45. The molecule has 1 aliphatic heterocycles. The van der Waals surface area contributed by atoms with Crippen LogP contribution in [-0.2, 0) is 6.54 Å². The molecule has 0 aromatic carbocycles. The van der Waals surface area contributed by atoms with Gasteiger partial charge in [0.2, 0.25) is 0 Å². The maximum Gasteiger partial charge on any atom is 0.168 e. The smallest absolute Gasteiger partial charge is 0.168 e. The molecule has 1 aliphatic rings. The number of tetrazole rings is 1. The molecule has 0 saturated carbocycles. The minimum atomic E-state index is 0.332. The summed E-state index contributed by atoms with van der Waals surface area (Å²) in [4.78, 5) is 6.25. The van der Waals surface area contributed by atoms with Gasteiger partial charge in [-0.2, -0.15) is 0 Å². The van der Waals surface area contributed by atoms with Gasteiger partial charge in [0.25, 0.3) is 0 Å². The molecule has 0 spiro atoms. The largest absolute Gasteiger partial charge is 0.304 e. The summed E-state index contributed by atoms with van der Waals surface area (Å²) in [7, 11) is 2.19. The van der Waals surface area contributed by atoms with Gasteiger partial charge in [-0.25, -0.2) is 4.68 Å². The van der Waals surface area contributed by atoms with Gasteiger partial charge in [-0.15, -0.1) is 16.4 Å². The van der Waals surface area contributed by atoms with Crippen LogP contribution in [0.2, 0.25) is 0 Å². The molecule has 6 nitrogen and oxygen atoms in total. The summed E-state index contributed by atoms with van der Waals surface area (Å²) in [5.74, 6) is 1.02. The van der Waals surface area contributed by atoms with Crippen LogP contribution in [0.25, 0.3) is 0 Å². The highest BCUT2D eigenvalue weighted by Gasteiger charge is 2.27. The van der Waals surface area contributed by atoms with Crippen molar-refractivity contribution in [3.8, 4) is 0 Å². The number of hydrogen-bond acceptors (Lipinski definition) is 6. The fraction of sp³-hybridized carbons (Fsp3) is 0.688. The topological polar surface area (TPSA) is 50.1 Å². The fourth-order valence-corrected chi connectivity index (χ4v) is 3.80. The third-order valence-corrected chi connectivity index (χ3v) is 5.41. The molecule has 0 aliphatic carbocycles. The van der Waals surface area contributed by atoms with Crippen molar-refractivity contribution in [1.29, 1.82) is 0 Å². The molecule has 0 radical (unpaired) electrons. The number of unbranched alkanes of at least 4 members (excludes halogenated alkanes) is 1. The van der Waals surface area contributed by atoms with Crippen molar-refractivity contribution in [1.82, 2.24) is 30.0 Å². The van der Waals surface area contributed by atoms with Crippen LogP contribution in [0.5, 0.6) is 0 Å². The van der Waals surface area contributed by atoms with Crippen LogP contribution in [0, 0.1) is 0 Å². The summed E-state index contributed by atoms with van der Waals surface area (Å²) in [5.41, 5.74) is 0. The average Bonchev–Trinajstić information content (AvgIpc) is 3.22. The molecule has 1 saturated heterocycles. The molecule has 126 valence electrons. The quantitative estimate of drug-likeness (QED) is 0.777. The number of hydrogen-bond donors (Lipinski definition) is 0. The van der Waals surface area contributed by atoms with E-state index in [2.05, 4.69) is 56.8 Å². The summed E-state index contributed by atoms with van der Waals surface area (Å²) in [6, 6.07) is 4.56. The standard InChI is InChI=1S/C16H26N6S/c1-3-4-7-15(21-10-8-20(2)9-11-21)16-17-18-19-22(16)13-14-6-5-12-23-14/h5-6,12,15H,3-4,7-11,13H2,1-2H3/t15-/m0/s1. The number of nitrogens with zero attached hydrogens (tertiary/aromatic N) is 6. The Bertz CT molecular complexity index is 573. The van der Waals surface area contributed by atoms with Crippen LogP contribution in [0.15, 0.2) is 17.5 Å². The Morgan fingerprint density at radius 1 is 1.26 bits per heavy atom. The van der Waals surface area contributed by atoms with Crippen LogP contribution in [-0.4, -0.2) is 63.2 Å². The van der Waals surface area contributed by atoms with Crippen molar-refractivity contribution in [2.45, 2.75) is 38.8 Å². The molecule has 0 amide bonds. The normalized spacial score (nSPS) is 18.3. The van der Waals surface area contributed by atoms with E-state index < -0.39 is 0 Å². The van der Waals surface area contributed by atoms with Gasteiger partial charge >= 0.3 is 0 Å². The number of aromatic nitrogens is 4. The Labute approximate surface area is 142 Å². The first-order valence-corrected chi connectivity index (χ1v) is 9.37. The Balaban J connectivity index is 1.77. The lowest BCUT2D eigenvalue weighted by molar-refractivity contribution is 0.0988.